The van der Waals surface area contributed by atoms with Gasteiger partial charge in [0, 0.05) is 37.3 Å². The minimum atomic E-state index is -0.698. The Balaban J connectivity index is 1.91. The molecule has 15 heavy (non-hydrogen) atoms. The normalized spacial score (nSPS) is 30.3. The Bertz CT molecular complexity index is 383. The average Bonchev–Trinajstić information content (AvgIpc) is 3.00. The molecule has 0 amide bonds. The molecule has 0 aromatic carbocycles. The van der Waals surface area contributed by atoms with Crippen LogP contribution in [-0.2, 0) is 13.0 Å². The van der Waals surface area contributed by atoms with Crippen molar-refractivity contribution in [3.8, 4) is 0 Å². The first-order chi connectivity index (χ1) is 7.22. The Labute approximate surface area is 89.1 Å². The molecule has 1 aromatic heterocycles. The van der Waals surface area contributed by atoms with Crippen molar-refractivity contribution in [1.82, 2.24) is 9.55 Å². The first-order valence-electron chi connectivity index (χ1n) is 5.69. The van der Waals surface area contributed by atoms with Crippen molar-refractivity contribution in [3.05, 3.63) is 17.7 Å². The minimum absolute atomic E-state index is 0.344. The van der Waals surface area contributed by atoms with Gasteiger partial charge in [-0.15, -0.1) is 0 Å². The van der Waals surface area contributed by atoms with E-state index in [1.54, 1.807) is 0 Å². The highest BCUT2D eigenvalue weighted by molar-refractivity contribution is 5.17. The van der Waals surface area contributed by atoms with E-state index in [9.17, 15) is 5.11 Å². The summed E-state index contributed by atoms with van der Waals surface area (Å²) in [5, 5.41) is 10.1. The number of hydrogen-bond acceptors (Lipinski definition) is 3. The highest BCUT2D eigenvalue weighted by atomic mass is 16.3. The summed E-state index contributed by atoms with van der Waals surface area (Å²) in [6, 6.07) is 0. The van der Waals surface area contributed by atoms with Crippen LogP contribution < -0.4 is 5.73 Å². The van der Waals surface area contributed by atoms with Gasteiger partial charge in [-0.3, -0.25) is 0 Å². The molecule has 0 radical (unpaired) electrons. The topological polar surface area (TPSA) is 64.1 Å². The molecule has 0 saturated heterocycles. The Kier molecular flexibility index (Phi) is 1.91. The number of imidazole rings is 1. The average molecular weight is 207 g/mol. The molecule has 0 bridgehead atoms. The highest BCUT2D eigenvalue weighted by Crippen LogP contribution is 2.40. The van der Waals surface area contributed by atoms with Gasteiger partial charge in [0.15, 0.2) is 0 Å². The first kappa shape index (κ1) is 9.36. The van der Waals surface area contributed by atoms with Crippen LogP contribution in [0.3, 0.4) is 0 Å². The molecule has 82 valence electrons. The van der Waals surface area contributed by atoms with Gasteiger partial charge in [-0.2, -0.15) is 0 Å². The Morgan fingerprint density at radius 3 is 3.07 bits per heavy atom. The second-order valence-electron chi connectivity index (χ2n) is 4.89. The number of fused-ring (bicyclic) bond motifs is 1. The molecule has 1 unspecified atom stereocenters. The number of aromatic nitrogens is 2. The molecule has 1 fully saturated rings. The third-order valence-electron chi connectivity index (χ3n) is 3.60. The molecular weight excluding hydrogens is 190 g/mol. The summed E-state index contributed by atoms with van der Waals surface area (Å²) < 4.78 is 2.28. The van der Waals surface area contributed by atoms with Crippen molar-refractivity contribution in [2.45, 2.75) is 43.7 Å². The monoisotopic (exact) mass is 207 g/mol. The van der Waals surface area contributed by atoms with Crippen LogP contribution >= 0.6 is 0 Å². The zero-order chi connectivity index (χ0) is 10.5. The smallest absolute Gasteiger partial charge is 0.111 e. The fourth-order valence-corrected chi connectivity index (χ4v) is 2.41. The van der Waals surface area contributed by atoms with Crippen LogP contribution in [0, 0.1) is 0 Å². The lowest BCUT2D eigenvalue weighted by Crippen LogP contribution is -2.44. The third kappa shape index (κ3) is 1.48. The SMILES string of the molecule is NCC1(O)CCn2c(cnc2C2CC2)C1. The molecule has 1 saturated carbocycles. The van der Waals surface area contributed by atoms with Gasteiger partial charge in [-0.25, -0.2) is 4.98 Å². The van der Waals surface area contributed by atoms with Gasteiger partial charge in [0.2, 0.25) is 0 Å². The van der Waals surface area contributed by atoms with Crippen LogP contribution in [0.5, 0.6) is 0 Å². The lowest BCUT2D eigenvalue weighted by molar-refractivity contribution is 0.0238. The first-order valence-corrected chi connectivity index (χ1v) is 5.69. The van der Waals surface area contributed by atoms with Gasteiger partial charge < -0.3 is 15.4 Å². The van der Waals surface area contributed by atoms with Crippen LogP contribution in [0.15, 0.2) is 6.20 Å². The van der Waals surface area contributed by atoms with Gasteiger partial charge in [0.25, 0.3) is 0 Å². The summed E-state index contributed by atoms with van der Waals surface area (Å²) in [5.41, 5.74) is 6.05. The van der Waals surface area contributed by atoms with Crippen molar-refractivity contribution in [1.29, 1.82) is 0 Å². The maximum absolute atomic E-state index is 10.1. The van der Waals surface area contributed by atoms with Crippen molar-refractivity contribution in [3.63, 3.8) is 0 Å². The maximum Gasteiger partial charge on any atom is 0.111 e. The van der Waals surface area contributed by atoms with Crippen LogP contribution in [0.4, 0.5) is 0 Å². The molecule has 1 atom stereocenters. The molecule has 0 spiro atoms. The minimum Gasteiger partial charge on any atom is -0.388 e. The van der Waals surface area contributed by atoms with E-state index in [-0.39, 0.29) is 0 Å². The van der Waals surface area contributed by atoms with Crippen molar-refractivity contribution >= 4 is 0 Å². The molecule has 2 aliphatic rings. The molecule has 1 aliphatic heterocycles. The Morgan fingerprint density at radius 2 is 2.40 bits per heavy atom. The van der Waals surface area contributed by atoms with Gasteiger partial charge in [-0.1, -0.05) is 0 Å². The van der Waals surface area contributed by atoms with E-state index in [1.165, 1.54) is 18.7 Å². The fourth-order valence-electron chi connectivity index (χ4n) is 2.41. The molecule has 1 aliphatic carbocycles. The summed E-state index contributed by atoms with van der Waals surface area (Å²) >= 11 is 0. The zero-order valence-corrected chi connectivity index (χ0v) is 8.82. The van der Waals surface area contributed by atoms with E-state index in [2.05, 4.69) is 9.55 Å². The van der Waals surface area contributed by atoms with E-state index in [4.69, 9.17) is 5.73 Å². The molecule has 3 N–H and O–H groups in total. The molecule has 4 heteroatoms. The van der Waals surface area contributed by atoms with Crippen molar-refractivity contribution < 1.29 is 5.11 Å². The molecule has 2 heterocycles. The van der Waals surface area contributed by atoms with Crippen LogP contribution in [-0.4, -0.2) is 26.8 Å². The van der Waals surface area contributed by atoms with Crippen LogP contribution in [0.2, 0.25) is 0 Å². The zero-order valence-electron chi connectivity index (χ0n) is 8.82. The van der Waals surface area contributed by atoms with E-state index in [1.807, 2.05) is 6.20 Å². The summed E-state index contributed by atoms with van der Waals surface area (Å²) in [6.45, 7) is 1.21. The summed E-state index contributed by atoms with van der Waals surface area (Å²) in [5.74, 6) is 1.91. The predicted molar refractivity (Wildman–Crippen MR) is 56.5 cm³/mol. The van der Waals surface area contributed by atoms with Crippen LogP contribution in [0.1, 0.15) is 36.7 Å². The number of hydrogen-bond donors (Lipinski definition) is 2. The lowest BCUT2D eigenvalue weighted by Gasteiger charge is -2.32. The van der Waals surface area contributed by atoms with E-state index in [0.717, 1.165) is 18.7 Å². The quantitative estimate of drug-likeness (QED) is 0.737. The van der Waals surface area contributed by atoms with Gasteiger partial charge in [-0.05, 0) is 19.3 Å². The number of rotatable bonds is 2. The van der Waals surface area contributed by atoms with Gasteiger partial charge in [0.05, 0.1) is 5.60 Å². The van der Waals surface area contributed by atoms with E-state index in [0.29, 0.717) is 18.9 Å². The van der Waals surface area contributed by atoms with Crippen LogP contribution in [0.25, 0.3) is 0 Å². The lowest BCUT2D eigenvalue weighted by atomic mass is 9.91. The molecular formula is C11H17N3O. The van der Waals surface area contributed by atoms with Crippen molar-refractivity contribution in [2.75, 3.05) is 6.54 Å². The number of nitrogens with zero attached hydrogens (tertiary/aromatic N) is 2. The second-order valence-corrected chi connectivity index (χ2v) is 4.89. The number of aliphatic hydroxyl groups is 1. The third-order valence-corrected chi connectivity index (χ3v) is 3.60. The maximum atomic E-state index is 10.1. The van der Waals surface area contributed by atoms with Gasteiger partial charge in [0.1, 0.15) is 5.82 Å². The predicted octanol–water partition coefficient (Wildman–Crippen LogP) is 0.396. The van der Waals surface area contributed by atoms with E-state index >= 15 is 0 Å². The summed E-state index contributed by atoms with van der Waals surface area (Å²) in [6.07, 6.45) is 5.87. The molecule has 1 aromatic rings. The Morgan fingerprint density at radius 1 is 1.60 bits per heavy atom. The highest BCUT2D eigenvalue weighted by Gasteiger charge is 2.35. The largest absolute Gasteiger partial charge is 0.388 e. The second kappa shape index (κ2) is 3.06. The Hall–Kier alpha value is -0.870. The summed E-state index contributed by atoms with van der Waals surface area (Å²) in [7, 11) is 0. The van der Waals surface area contributed by atoms with Gasteiger partial charge >= 0.3 is 0 Å². The molecule has 3 rings (SSSR count). The molecule has 4 nitrogen and oxygen atoms in total. The standard InChI is InChI=1S/C11H17N3O/c12-7-11(15)3-4-14-9(5-11)6-13-10(14)8-1-2-8/h6,8,15H,1-5,7,12H2. The van der Waals surface area contributed by atoms with Crippen molar-refractivity contribution in [2.24, 2.45) is 5.73 Å². The summed E-state index contributed by atoms with van der Waals surface area (Å²) in [4.78, 5) is 4.47. The number of nitrogens with two attached hydrogens (primary N) is 1. The fraction of sp³-hybridized carbons (Fsp3) is 0.727. The van der Waals surface area contributed by atoms with E-state index < -0.39 is 5.60 Å².